The molecule has 1 unspecified atom stereocenters. The minimum Gasteiger partial charge on any atom is -0.387 e. The van der Waals surface area contributed by atoms with Crippen LogP contribution in [-0.2, 0) is 6.42 Å². The molecule has 1 N–H and O–H groups in total. The van der Waals surface area contributed by atoms with Crippen molar-refractivity contribution >= 4 is 11.3 Å². The molecule has 1 aromatic heterocycles. The van der Waals surface area contributed by atoms with Crippen molar-refractivity contribution < 1.29 is 13.9 Å². The number of benzene rings is 1. The van der Waals surface area contributed by atoms with Crippen molar-refractivity contribution in [3.05, 3.63) is 40.4 Å². The highest BCUT2D eigenvalue weighted by Crippen LogP contribution is 2.37. The van der Waals surface area contributed by atoms with Gasteiger partial charge in [0.2, 0.25) is 0 Å². The maximum atomic E-state index is 13.2. The van der Waals surface area contributed by atoms with Crippen molar-refractivity contribution in [2.45, 2.75) is 25.4 Å². The molecular formula is C13H11F2NOS. The molecule has 3 rings (SSSR count). The van der Waals surface area contributed by atoms with E-state index < -0.39 is 17.7 Å². The van der Waals surface area contributed by atoms with Gasteiger partial charge >= 0.3 is 0 Å². The molecule has 0 spiro atoms. The summed E-state index contributed by atoms with van der Waals surface area (Å²) < 4.78 is 26.3. The Hall–Kier alpha value is -1.33. The highest BCUT2D eigenvalue weighted by atomic mass is 32.1. The number of fused-ring (bicyclic) bond motifs is 1. The lowest BCUT2D eigenvalue weighted by Crippen LogP contribution is -2.07. The molecule has 1 aromatic carbocycles. The zero-order valence-corrected chi connectivity index (χ0v) is 10.3. The Morgan fingerprint density at radius 2 is 1.94 bits per heavy atom. The molecule has 1 aliphatic rings. The SMILES string of the molecule is OC1CCCc2sc(-c3cc(F)cc(F)c3)nc21. The minimum absolute atomic E-state index is 0.430. The van der Waals surface area contributed by atoms with Crippen LogP contribution in [0.4, 0.5) is 8.78 Å². The lowest BCUT2D eigenvalue weighted by atomic mass is 10.0. The molecule has 0 saturated carbocycles. The summed E-state index contributed by atoms with van der Waals surface area (Å²) in [7, 11) is 0. The summed E-state index contributed by atoms with van der Waals surface area (Å²) in [6, 6.07) is 3.37. The van der Waals surface area contributed by atoms with Gasteiger partial charge in [-0.2, -0.15) is 0 Å². The molecule has 1 heterocycles. The predicted molar refractivity (Wildman–Crippen MR) is 65.4 cm³/mol. The number of nitrogens with zero attached hydrogens (tertiary/aromatic N) is 1. The summed E-state index contributed by atoms with van der Waals surface area (Å²) in [6.45, 7) is 0. The van der Waals surface area contributed by atoms with E-state index in [9.17, 15) is 13.9 Å². The van der Waals surface area contributed by atoms with Crippen LogP contribution in [0, 0.1) is 11.6 Å². The molecule has 0 radical (unpaired) electrons. The first-order valence-corrected chi connectivity index (χ1v) is 6.59. The highest BCUT2D eigenvalue weighted by molar-refractivity contribution is 7.15. The molecule has 2 aromatic rings. The third-order valence-electron chi connectivity index (χ3n) is 3.03. The molecule has 18 heavy (non-hydrogen) atoms. The van der Waals surface area contributed by atoms with Gasteiger partial charge in [-0.25, -0.2) is 13.8 Å². The maximum Gasteiger partial charge on any atom is 0.126 e. The number of rotatable bonds is 1. The van der Waals surface area contributed by atoms with Crippen LogP contribution in [0.2, 0.25) is 0 Å². The second-order valence-electron chi connectivity index (χ2n) is 4.39. The summed E-state index contributed by atoms with van der Waals surface area (Å²) in [5.41, 5.74) is 1.10. The average Bonchev–Trinajstić information content (AvgIpc) is 2.73. The normalized spacial score (nSPS) is 18.7. The first-order chi connectivity index (χ1) is 8.63. The lowest BCUT2D eigenvalue weighted by Gasteiger charge is -2.14. The molecule has 94 valence electrons. The van der Waals surface area contributed by atoms with E-state index in [1.807, 2.05) is 0 Å². The number of aromatic nitrogens is 1. The number of hydrogen-bond acceptors (Lipinski definition) is 3. The van der Waals surface area contributed by atoms with Gasteiger partial charge in [-0.3, -0.25) is 0 Å². The fourth-order valence-corrected chi connectivity index (χ4v) is 3.34. The first kappa shape index (κ1) is 11.7. The third kappa shape index (κ3) is 2.04. The van der Waals surface area contributed by atoms with Gasteiger partial charge in [0.25, 0.3) is 0 Å². The summed E-state index contributed by atoms with van der Waals surface area (Å²) in [4.78, 5) is 5.34. The summed E-state index contributed by atoms with van der Waals surface area (Å²) in [5.74, 6) is -1.22. The summed E-state index contributed by atoms with van der Waals surface area (Å²) in [5, 5.41) is 10.4. The third-order valence-corrected chi connectivity index (χ3v) is 4.21. The molecule has 1 atom stereocenters. The monoisotopic (exact) mass is 267 g/mol. The zero-order chi connectivity index (χ0) is 12.7. The first-order valence-electron chi connectivity index (χ1n) is 5.77. The number of aliphatic hydroxyl groups is 1. The molecular weight excluding hydrogens is 256 g/mol. The fourth-order valence-electron chi connectivity index (χ4n) is 2.20. The Morgan fingerprint density at radius 1 is 1.22 bits per heavy atom. The van der Waals surface area contributed by atoms with Gasteiger partial charge < -0.3 is 5.11 Å². The van der Waals surface area contributed by atoms with Crippen molar-refractivity contribution in [3.63, 3.8) is 0 Å². The van der Waals surface area contributed by atoms with Crippen LogP contribution in [0.5, 0.6) is 0 Å². The van der Waals surface area contributed by atoms with E-state index in [0.29, 0.717) is 22.7 Å². The highest BCUT2D eigenvalue weighted by Gasteiger charge is 2.23. The van der Waals surface area contributed by atoms with E-state index >= 15 is 0 Å². The fraction of sp³-hybridized carbons (Fsp3) is 0.308. The van der Waals surface area contributed by atoms with E-state index in [0.717, 1.165) is 23.8 Å². The Bertz CT molecular complexity index is 576. The topological polar surface area (TPSA) is 33.1 Å². The number of hydrogen-bond donors (Lipinski definition) is 1. The number of aliphatic hydroxyl groups excluding tert-OH is 1. The van der Waals surface area contributed by atoms with Gasteiger partial charge in [0, 0.05) is 16.5 Å². The van der Waals surface area contributed by atoms with Gasteiger partial charge in [0.15, 0.2) is 0 Å². The van der Waals surface area contributed by atoms with Crippen LogP contribution in [0.15, 0.2) is 18.2 Å². The van der Waals surface area contributed by atoms with Crippen molar-refractivity contribution in [2.24, 2.45) is 0 Å². The van der Waals surface area contributed by atoms with E-state index in [1.54, 1.807) is 0 Å². The van der Waals surface area contributed by atoms with Gasteiger partial charge in [-0.15, -0.1) is 11.3 Å². The molecule has 0 fully saturated rings. The zero-order valence-electron chi connectivity index (χ0n) is 9.49. The largest absolute Gasteiger partial charge is 0.387 e. The van der Waals surface area contributed by atoms with Crippen LogP contribution in [-0.4, -0.2) is 10.1 Å². The summed E-state index contributed by atoms with van der Waals surface area (Å²) in [6.07, 6.45) is 1.96. The number of aryl methyl sites for hydroxylation is 1. The van der Waals surface area contributed by atoms with Crippen molar-refractivity contribution in [1.29, 1.82) is 0 Å². The molecule has 0 saturated heterocycles. The quantitative estimate of drug-likeness (QED) is 0.858. The molecule has 0 amide bonds. The molecule has 1 aliphatic carbocycles. The molecule has 0 aliphatic heterocycles. The molecule has 5 heteroatoms. The summed E-state index contributed by atoms with van der Waals surface area (Å²) >= 11 is 1.41. The van der Waals surface area contributed by atoms with Crippen LogP contribution >= 0.6 is 11.3 Å². The predicted octanol–water partition coefficient (Wildman–Crippen LogP) is 3.46. The van der Waals surface area contributed by atoms with E-state index in [1.165, 1.54) is 23.5 Å². The average molecular weight is 267 g/mol. The van der Waals surface area contributed by atoms with Crippen molar-refractivity contribution in [2.75, 3.05) is 0 Å². The number of thiazole rings is 1. The van der Waals surface area contributed by atoms with Crippen LogP contribution in [0.1, 0.15) is 29.5 Å². The van der Waals surface area contributed by atoms with E-state index in [4.69, 9.17) is 0 Å². The molecule has 2 nitrogen and oxygen atoms in total. The smallest absolute Gasteiger partial charge is 0.126 e. The van der Waals surface area contributed by atoms with Crippen LogP contribution < -0.4 is 0 Å². The lowest BCUT2D eigenvalue weighted by molar-refractivity contribution is 0.153. The van der Waals surface area contributed by atoms with Crippen molar-refractivity contribution in [3.8, 4) is 10.6 Å². The minimum atomic E-state index is -0.612. The Balaban J connectivity index is 2.07. The van der Waals surface area contributed by atoms with Crippen molar-refractivity contribution in [1.82, 2.24) is 4.98 Å². The second-order valence-corrected chi connectivity index (χ2v) is 5.48. The standard InChI is InChI=1S/C13H11F2NOS/c14-8-4-7(5-9(15)6-8)13-16-12-10(17)2-1-3-11(12)18-13/h4-6,10,17H,1-3H2. The van der Waals surface area contributed by atoms with Gasteiger partial charge in [-0.1, -0.05) is 0 Å². The van der Waals surface area contributed by atoms with Gasteiger partial charge in [-0.05, 0) is 31.4 Å². The molecule has 0 bridgehead atoms. The van der Waals surface area contributed by atoms with Crippen LogP contribution in [0.3, 0.4) is 0 Å². The van der Waals surface area contributed by atoms with Crippen LogP contribution in [0.25, 0.3) is 10.6 Å². The van der Waals surface area contributed by atoms with Gasteiger partial charge in [0.1, 0.15) is 16.6 Å². The Morgan fingerprint density at radius 3 is 2.61 bits per heavy atom. The van der Waals surface area contributed by atoms with E-state index in [2.05, 4.69) is 4.98 Å². The maximum absolute atomic E-state index is 13.2. The Kier molecular flexibility index (Phi) is 2.87. The van der Waals surface area contributed by atoms with Gasteiger partial charge in [0.05, 0.1) is 11.8 Å². The van der Waals surface area contributed by atoms with E-state index in [-0.39, 0.29) is 0 Å². The number of halogens is 2. The Labute approximate surface area is 107 Å². The second kappa shape index (κ2) is 4.40.